The standard InChI is InChI=1S/C12H13NOS/c1-9-2-4-13-11(6-9)12(14)7-10-3-5-15-8-10/h2-6,8,12,14H,7H2,1H3. The molecular formula is C12H13NOS. The van der Waals surface area contributed by atoms with E-state index < -0.39 is 6.10 Å². The Hall–Kier alpha value is -1.19. The number of pyridine rings is 1. The van der Waals surface area contributed by atoms with Crippen molar-refractivity contribution in [2.24, 2.45) is 0 Å². The second kappa shape index (κ2) is 4.55. The van der Waals surface area contributed by atoms with E-state index in [-0.39, 0.29) is 0 Å². The third kappa shape index (κ3) is 2.64. The molecule has 0 spiro atoms. The summed E-state index contributed by atoms with van der Waals surface area (Å²) in [4.78, 5) is 4.17. The van der Waals surface area contributed by atoms with E-state index in [2.05, 4.69) is 10.4 Å². The molecule has 0 radical (unpaired) electrons. The summed E-state index contributed by atoms with van der Waals surface area (Å²) in [7, 11) is 0. The van der Waals surface area contributed by atoms with Crippen molar-refractivity contribution in [2.45, 2.75) is 19.4 Å². The van der Waals surface area contributed by atoms with Crippen LogP contribution in [0.4, 0.5) is 0 Å². The van der Waals surface area contributed by atoms with E-state index in [9.17, 15) is 5.11 Å². The molecule has 0 aliphatic heterocycles. The molecule has 0 aromatic carbocycles. The maximum Gasteiger partial charge on any atom is 0.1000 e. The molecule has 2 aromatic rings. The van der Waals surface area contributed by atoms with Crippen LogP contribution in [0.3, 0.4) is 0 Å². The van der Waals surface area contributed by atoms with E-state index in [1.165, 1.54) is 0 Å². The number of aryl methyl sites for hydroxylation is 1. The van der Waals surface area contributed by atoms with Crippen LogP contribution < -0.4 is 0 Å². The molecule has 2 nitrogen and oxygen atoms in total. The van der Waals surface area contributed by atoms with E-state index >= 15 is 0 Å². The molecular weight excluding hydrogens is 206 g/mol. The van der Waals surface area contributed by atoms with Gasteiger partial charge in [0.05, 0.1) is 11.8 Å². The van der Waals surface area contributed by atoms with Gasteiger partial charge >= 0.3 is 0 Å². The second-order valence-electron chi connectivity index (χ2n) is 3.61. The van der Waals surface area contributed by atoms with Crippen molar-refractivity contribution < 1.29 is 5.11 Å². The van der Waals surface area contributed by atoms with Crippen molar-refractivity contribution in [3.8, 4) is 0 Å². The Balaban J connectivity index is 2.11. The first-order valence-electron chi connectivity index (χ1n) is 4.87. The monoisotopic (exact) mass is 219 g/mol. The van der Waals surface area contributed by atoms with Gasteiger partial charge in [-0.25, -0.2) is 0 Å². The van der Waals surface area contributed by atoms with Gasteiger partial charge in [-0.15, -0.1) is 0 Å². The second-order valence-corrected chi connectivity index (χ2v) is 4.39. The summed E-state index contributed by atoms with van der Waals surface area (Å²) >= 11 is 1.65. The zero-order chi connectivity index (χ0) is 10.7. The maximum absolute atomic E-state index is 9.96. The SMILES string of the molecule is Cc1ccnc(C(O)Cc2ccsc2)c1. The largest absolute Gasteiger partial charge is 0.386 e. The fraction of sp³-hybridized carbons (Fsp3) is 0.250. The number of aliphatic hydroxyl groups is 1. The molecule has 3 heteroatoms. The van der Waals surface area contributed by atoms with E-state index in [4.69, 9.17) is 0 Å². The molecule has 0 fully saturated rings. The van der Waals surface area contributed by atoms with E-state index in [1.54, 1.807) is 17.5 Å². The predicted octanol–water partition coefficient (Wildman–Crippen LogP) is 2.73. The van der Waals surface area contributed by atoms with Crippen LogP contribution in [0.2, 0.25) is 0 Å². The lowest BCUT2D eigenvalue weighted by Gasteiger charge is -2.09. The van der Waals surface area contributed by atoms with Crippen LogP contribution in [0.15, 0.2) is 35.2 Å². The molecule has 2 heterocycles. The third-order valence-corrected chi connectivity index (χ3v) is 3.02. The fourth-order valence-electron chi connectivity index (χ4n) is 1.48. The molecule has 1 atom stereocenters. The molecule has 2 rings (SSSR count). The molecule has 15 heavy (non-hydrogen) atoms. The maximum atomic E-state index is 9.96. The Morgan fingerprint density at radius 1 is 1.47 bits per heavy atom. The average molecular weight is 219 g/mol. The summed E-state index contributed by atoms with van der Waals surface area (Å²) in [6.45, 7) is 2.00. The van der Waals surface area contributed by atoms with Gasteiger partial charge in [0.2, 0.25) is 0 Å². The summed E-state index contributed by atoms with van der Waals surface area (Å²) in [5, 5.41) is 14.0. The van der Waals surface area contributed by atoms with Crippen molar-refractivity contribution in [1.82, 2.24) is 4.98 Å². The van der Waals surface area contributed by atoms with Crippen molar-refractivity contribution in [2.75, 3.05) is 0 Å². The highest BCUT2D eigenvalue weighted by Crippen LogP contribution is 2.18. The Labute approximate surface area is 93.2 Å². The molecule has 78 valence electrons. The first-order valence-corrected chi connectivity index (χ1v) is 5.81. The molecule has 1 N–H and O–H groups in total. The third-order valence-electron chi connectivity index (χ3n) is 2.29. The van der Waals surface area contributed by atoms with Crippen LogP contribution in [0.1, 0.15) is 22.9 Å². The Kier molecular flexibility index (Phi) is 3.14. The van der Waals surface area contributed by atoms with E-state index in [0.29, 0.717) is 6.42 Å². The Bertz CT molecular complexity index is 425. The van der Waals surface area contributed by atoms with E-state index in [0.717, 1.165) is 16.8 Å². The van der Waals surface area contributed by atoms with Crippen LogP contribution in [-0.4, -0.2) is 10.1 Å². The summed E-state index contributed by atoms with van der Waals surface area (Å²) < 4.78 is 0. The molecule has 0 amide bonds. The van der Waals surface area contributed by atoms with Crippen LogP contribution in [0.5, 0.6) is 0 Å². The number of nitrogens with zero attached hydrogens (tertiary/aromatic N) is 1. The molecule has 0 aliphatic carbocycles. The highest BCUT2D eigenvalue weighted by atomic mass is 32.1. The van der Waals surface area contributed by atoms with Gasteiger partial charge in [0.1, 0.15) is 0 Å². The minimum atomic E-state index is -0.500. The molecule has 0 aliphatic rings. The lowest BCUT2D eigenvalue weighted by molar-refractivity contribution is 0.173. The number of aliphatic hydroxyl groups excluding tert-OH is 1. The quantitative estimate of drug-likeness (QED) is 0.861. The normalized spacial score (nSPS) is 12.7. The summed E-state index contributed by atoms with van der Waals surface area (Å²) in [5.74, 6) is 0. The van der Waals surface area contributed by atoms with Crippen LogP contribution >= 0.6 is 11.3 Å². The summed E-state index contributed by atoms with van der Waals surface area (Å²) in [5.41, 5.74) is 3.04. The first kappa shape index (κ1) is 10.3. The van der Waals surface area contributed by atoms with Gasteiger partial charge in [0, 0.05) is 12.6 Å². The molecule has 1 unspecified atom stereocenters. The first-order chi connectivity index (χ1) is 7.25. The number of thiophene rings is 1. The number of aromatic nitrogens is 1. The Morgan fingerprint density at radius 3 is 3.00 bits per heavy atom. The molecule has 0 saturated carbocycles. The van der Waals surface area contributed by atoms with Gasteiger partial charge in [-0.2, -0.15) is 11.3 Å². The van der Waals surface area contributed by atoms with Crippen LogP contribution in [0.25, 0.3) is 0 Å². The van der Waals surface area contributed by atoms with Gasteiger partial charge in [0.15, 0.2) is 0 Å². The van der Waals surface area contributed by atoms with Crippen molar-refractivity contribution in [1.29, 1.82) is 0 Å². The number of hydrogen-bond acceptors (Lipinski definition) is 3. The van der Waals surface area contributed by atoms with Crippen molar-refractivity contribution in [3.63, 3.8) is 0 Å². The number of rotatable bonds is 3. The average Bonchev–Trinajstić information content (AvgIpc) is 2.70. The Morgan fingerprint density at radius 2 is 2.33 bits per heavy atom. The van der Waals surface area contributed by atoms with Crippen LogP contribution in [-0.2, 0) is 6.42 Å². The van der Waals surface area contributed by atoms with Gasteiger partial charge < -0.3 is 5.11 Å². The van der Waals surface area contributed by atoms with Gasteiger partial charge in [0.25, 0.3) is 0 Å². The van der Waals surface area contributed by atoms with Crippen LogP contribution in [0, 0.1) is 6.92 Å². The molecule has 0 saturated heterocycles. The predicted molar refractivity (Wildman–Crippen MR) is 62.0 cm³/mol. The lowest BCUT2D eigenvalue weighted by atomic mass is 10.1. The number of hydrogen-bond donors (Lipinski definition) is 1. The lowest BCUT2D eigenvalue weighted by Crippen LogP contribution is -2.03. The summed E-state index contributed by atoms with van der Waals surface area (Å²) in [6, 6.07) is 5.89. The topological polar surface area (TPSA) is 33.1 Å². The molecule has 0 bridgehead atoms. The zero-order valence-electron chi connectivity index (χ0n) is 8.55. The summed E-state index contributed by atoms with van der Waals surface area (Å²) in [6.07, 6.45) is 1.88. The van der Waals surface area contributed by atoms with Gasteiger partial charge in [-0.1, -0.05) is 0 Å². The highest BCUT2D eigenvalue weighted by molar-refractivity contribution is 7.07. The van der Waals surface area contributed by atoms with Crippen molar-refractivity contribution >= 4 is 11.3 Å². The fourth-order valence-corrected chi connectivity index (χ4v) is 2.16. The highest BCUT2D eigenvalue weighted by Gasteiger charge is 2.09. The van der Waals surface area contributed by atoms with Gasteiger partial charge in [-0.3, -0.25) is 4.98 Å². The van der Waals surface area contributed by atoms with E-state index in [1.807, 2.05) is 30.5 Å². The minimum absolute atomic E-state index is 0.500. The smallest absolute Gasteiger partial charge is 0.1000 e. The zero-order valence-corrected chi connectivity index (χ0v) is 9.37. The van der Waals surface area contributed by atoms with Gasteiger partial charge in [-0.05, 0) is 47.0 Å². The van der Waals surface area contributed by atoms with Crippen molar-refractivity contribution in [3.05, 3.63) is 52.0 Å². The minimum Gasteiger partial charge on any atom is -0.386 e. The molecule has 2 aromatic heterocycles.